The zero-order valence-corrected chi connectivity index (χ0v) is 15.8. The maximum absolute atomic E-state index is 12.6. The molecule has 2 amide bonds. The summed E-state index contributed by atoms with van der Waals surface area (Å²) in [4.78, 5) is 30.9. The highest BCUT2D eigenvalue weighted by molar-refractivity contribution is 5.96. The number of hydrogen-bond acceptors (Lipinski definition) is 6. The van der Waals surface area contributed by atoms with Gasteiger partial charge < -0.3 is 19.5 Å². The smallest absolute Gasteiger partial charge is 0.256 e. The normalized spacial score (nSPS) is 17.5. The van der Waals surface area contributed by atoms with Crippen molar-refractivity contribution in [3.63, 3.8) is 0 Å². The molecule has 2 aromatic heterocycles. The number of nitrogens with zero attached hydrogens (tertiary/aromatic N) is 3. The summed E-state index contributed by atoms with van der Waals surface area (Å²) >= 11 is 0. The third kappa shape index (κ3) is 4.27. The molecule has 3 rings (SSSR count). The van der Waals surface area contributed by atoms with E-state index in [1.165, 1.54) is 13.3 Å². The molecule has 0 radical (unpaired) electrons. The molecular formula is C19H24N4O4. The number of rotatable bonds is 5. The van der Waals surface area contributed by atoms with Crippen molar-refractivity contribution in [1.82, 2.24) is 20.4 Å². The summed E-state index contributed by atoms with van der Waals surface area (Å²) in [6.45, 7) is 4.77. The van der Waals surface area contributed by atoms with E-state index in [0.717, 1.165) is 17.0 Å². The van der Waals surface area contributed by atoms with Crippen LogP contribution in [0, 0.1) is 13.8 Å². The number of methoxy groups -OCH3 is 1. The Kier molecular flexibility index (Phi) is 5.73. The molecule has 1 fully saturated rings. The van der Waals surface area contributed by atoms with Gasteiger partial charge in [0.1, 0.15) is 11.5 Å². The molecule has 0 bridgehead atoms. The van der Waals surface area contributed by atoms with Crippen LogP contribution in [0.3, 0.4) is 0 Å². The van der Waals surface area contributed by atoms with Gasteiger partial charge in [-0.3, -0.25) is 14.6 Å². The molecule has 2 aromatic rings. The van der Waals surface area contributed by atoms with Gasteiger partial charge in [0, 0.05) is 37.0 Å². The van der Waals surface area contributed by atoms with E-state index in [1.807, 2.05) is 18.7 Å². The molecule has 8 heteroatoms. The highest BCUT2D eigenvalue weighted by Crippen LogP contribution is 2.21. The van der Waals surface area contributed by atoms with E-state index < -0.39 is 0 Å². The van der Waals surface area contributed by atoms with E-state index in [9.17, 15) is 9.59 Å². The monoisotopic (exact) mass is 372 g/mol. The average molecular weight is 372 g/mol. The highest BCUT2D eigenvalue weighted by atomic mass is 16.5. The lowest BCUT2D eigenvalue weighted by molar-refractivity contribution is -0.131. The molecule has 0 spiro atoms. The summed E-state index contributed by atoms with van der Waals surface area (Å²) in [6.07, 6.45) is 4.74. The topological polar surface area (TPSA) is 97.6 Å². The Balaban J connectivity index is 1.64. The van der Waals surface area contributed by atoms with Gasteiger partial charge in [-0.1, -0.05) is 5.16 Å². The van der Waals surface area contributed by atoms with Crippen LogP contribution in [0.25, 0.3) is 0 Å². The summed E-state index contributed by atoms with van der Waals surface area (Å²) in [5.74, 6) is 1.05. The molecule has 0 aliphatic carbocycles. The maximum atomic E-state index is 12.6. The lowest BCUT2D eigenvalue weighted by atomic mass is 10.1. The molecule has 1 unspecified atom stereocenters. The van der Waals surface area contributed by atoms with Gasteiger partial charge >= 0.3 is 0 Å². The molecule has 1 aliphatic rings. The predicted octanol–water partition coefficient (Wildman–Crippen LogP) is 2.01. The molecule has 1 saturated heterocycles. The Morgan fingerprint density at radius 1 is 1.41 bits per heavy atom. The summed E-state index contributed by atoms with van der Waals surface area (Å²) in [6, 6.07) is 1.57. The Morgan fingerprint density at radius 2 is 2.22 bits per heavy atom. The average Bonchev–Trinajstić information content (AvgIpc) is 2.88. The molecule has 144 valence electrons. The first-order chi connectivity index (χ1) is 13.0. The van der Waals surface area contributed by atoms with Gasteiger partial charge in [0.2, 0.25) is 5.91 Å². The standard InChI is InChI=1S/C19H24N4O4/c1-12-16(13(2)27-22-12)11-23-9-7-14(4-5-18(23)24)21-19(25)15-10-20-8-6-17(15)26-3/h6,8,10,14H,4-5,7,9,11H2,1-3H3,(H,21,25). The minimum atomic E-state index is -0.239. The number of carbonyl (C=O) groups excluding carboxylic acids is 2. The van der Waals surface area contributed by atoms with Gasteiger partial charge in [-0.05, 0) is 32.8 Å². The highest BCUT2D eigenvalue weighted by Gasteiger charge is 2.26. The van der Waals surface area contributed by atoms with E-state index in [2.05, 4.69) is 15.5 Å². The Labute approximate surface area is 157 Å². The van der Waals surface area contributed by atoms with Crippen molar-refractivity contribution >= 4 is 11.8 Å². The van der Waals surface area contributed by atoms with Crippen molar-refractivity contribution in [2.45, 2.75) is 45.7 Å². The van der Waals surface area contributed by atoms with Crippen LogP contribution in [0.4, 0.5) is 0 Å². The summed E-state index contributed by atoms with van der Waals surface area (Å²) in [5.41, 5.74) is 2.15. The van der Waals surface area contributed by atoms with Crippen LogP contribution in [0.2, 0.25) is 0 Å². The van der Waals surface area contributed by atoms with Gasteiger partial charge in [0.15, 0.2) is 0 Å². The van der Waals surface area contributed by atoms with Gasteiger partial charge in [0.05, 0.1) is 24.9 Å². The number of aryl methyl sites for hydroxylation is 2. The van der Waals surface area contributed by atoms with Gasteiger partial charge in [-0.15, -0.1) is 0 Å². The van der Waals surface area contributed by atoms with E-state index in [-0.39, 0.29) is 17.9 Å². The third-order valence-corrected chi connectivity index (χ3v) is 4.92. The zero-order valence-electron chi connectivity index (χ0n) is 15.8. The molecule has 8 nitrogen and oxygen atoms in total. The van der Waals surface area contributed by atoms with Crippen LogP contribution in [0.5, 0.6) is 5.75 Å². The second kappa shape index (κ2) is 8.20. The van der Waals surface area contributed by atoms with Crippen molar-refractivity contribution in [1.29, 1.82) is 0 Å². The van der Waals surface area contributed by atoms with Gasteiger partial charge in [-0.2, -0.15) is 0 Å². The van der Waals surface area contributed by atoms with E-state index >= 15 is 0 Å². The van der Waals surface area contributed by atoms with Crippen LogP contribution in [-0.2, 0) is 11.3 Å². The maximum Gasteiger partial charge on any atom is 0.256 e. The number of likely N-dealkylation sites (tertiary alicyclic amines) is 1. The number of pyridine rings is 1. The third-order valence-electron chi connectivity index (χ3n) is 4.92. The zero-order chi connectivity index (χ0) is 19.4. The first-order valence-corrected chi connectivity index (χ1v) is 8.98. The molecule has 27 heavy (non-hydrogen) atoms. The molecule has 0 saturated carbocycles. The fraction of sp³-hybridized carbons (Fsp3) is 0.474. The van der Waals surface area contributed by atoms with E-state index in [1.54, 1.807) is 12.3 Å². The fourth-order valence-corrected chi connectivity index (χ4v) is 3.26. The minimum Gasteiger partial charge on any atom is -0.496 e. The molecular weight excluding hydrogens is 348 g/mol. The van der Waals surface area contributed by atoms with E-state index in [4.69, 9.17) is 9.26 Å². The number of aromatic nitrogens is 2. The van der Waals surface area contributed by atoms with E-state index in [0.29, 0.717) is 43.7 Å². The first kappa shape index (κ1) is 18.9. The van der Waals surface area contributed by atoms with Crippen molar-refractivity contribution in [2.24, 2.45) is 0 Å². The molecule has 1 atom stereocenters. The SMILES string of the molecule is COc1ccncc1C(=O)NC1CCC(=O)N(Cc2c(C)noc2C)CC1. The van der Waals surface area contributed by atoms with Crippen LogP contribution in [0.1, 0.15) is 46.6 Å². The summed E-state index contributed by atoms with van der Waals surface area (Å²) in [5, 5.41) is 6.95. The minimum absolute atomic E-state index is 0.0747. The Bertz CT molecular complexity index is 813. The lowest BCUT2D eigenvalue weighted by Gasteiger charge is -2.21. The largest absolute Gasteiger partial charge is 0.496 e. The molecule has 1 N–H and O–H groups in total. The molecule has 0 aromatic carbocycles. The van der Waals surface area contributed by atoms with Crippen molar-refractivity contribution in [2.75, 3.05) is 13.7 Å². The van der Waals surface area contributed by atoms with Crippen LogP contribution >= 0.6 is 0 Å². The number of amides is 2. The summed E-state index contributed by atoms with van der Waals surface area (Å²) < 4.78 is 10.4. The van der Waals surface area contributed by atoms with Gasteiger partial charge in [-0.25, -0.2) is 0 Å². The molecule has 3 heterocycles. The number of nitrogens with one attached hydrogen (secondary N) is 1. The predicted molar refractivity (Wildman–Crippen MR) is 97.3 cm³/mol. The fourth-order valence-electron chi connectivity index (χ4n) is 3.26. The Hall–Kier alpha value is -2.90. The first-order valence-electron chi connectivity index (χ1n) is 8.98. The molecule has 1 aliphatic heterocycles. The van der Waals surface area contributed by atoms with Crippen molar-refractivity contribution < 1.29 is 18.8 Å². The number of carbonyl (C=O) groups is 2. The quantitative estimate of drug-likeness (QED) is 0.862. The second-order valence-corrected chi connectivity index (χ2v) is 6.69. The number of hydrogen-bond donors (Lipinski definition) is 1. The van der Waals surface area contributed by atoms with Gasteiger partial charge in [0.25, 0.3) is 5.91 Å². The summed E-state index contributed by atoms with van der Waals surface area (Å²) in [7, 11) is 1.52. The van der Waals surface area contributed by atoms with Crippen LogP contribution in [-0.4, -0.2) is 46.6 Å². The van der Waals surface area contributed by atoms with Crippen molar-refractivity contribution in [3.05, 3.63) is 41.0 Å². The van der Waals surface area contributed by atoms with Crippen LogP contribution < -0.4 is 10.1 Å². The second-order valence-electron chi connectivity index (χ2n) is 6.69. The Morgan fingerprint density at radius 3 is 2.93 bits per heavy atom. The van der Waals surface area contributed by atoms with Crippen LogP contribution in [0.15, 0.2) is 23.0 Å². The lowest BCUT2D eigenvalue weighted by Crippen LogP contribution is -2.36. The van der Waals surface area contributed by atoms with Crippen molar-refractivity contribution in [3.8, 4) is 5.75 Å². The number of ether oxygens (including phenoxy) is 1.